The molecule has 6 nitrogen and oxygen atoms in total. The summed E-state index contributed by atoms with van der Waals surface area (Å²) in [4.78, 5) is 25.5. The molecule has 0 bridgehead atoms. The van der Waals surface area contributed by atoms with Gasteiger partial charge in [-0.1, -0.05) is 6.92 Å². The number of aliphatic carboxylic acids is 1. The number of carboxylic acid groups (broad SMARTS) is 1. The molecule has 1 amide bonds. The summed E-state index contributed by atoms with van der Waals surface area (Å²) in [6.07, 6.45) is 4.60. The fourth-order valence-electron chi connectivity index (χ4n) is 3.29. The van der Waals surface area contributed by atoms with Gasteiger partial charge in [0.05, 0.1) is 12.9 Å². The van der Waals surface area contributed by atoms with Crippen molar-refractivity contribution in [2.75, 3.05) is 6.61 Å². The molecular weight excluding hydrogens is 274 g/mol. The van der Waals surface area contributed by atoms with Crippen LogP contribution in [0.1, 0.15) is 43.2 Å². The van der Waals surface area contributed by atoms with Crippen molar-refractivity contribution in [1.29, 1.82) is 0 Å². The minimum Gasteiger partial charge on any atom is -0.480 e. The third-order valence-corrected chi connectivity index (χ3v) is 4.55. The molecule has 114 valence electrons. The fourth-order valence-corrected chi connectivity index (χ4v) is 3.29. The molecule has 2 fully saturated rings. The van der Waals surface area contributed by atoms with Crippen molar-refractivity contribution in [2.45, 2.75) is 44.4 Å². The summed E-state index contributed by atoms with van der Waals surface area (Å²) >= 11 is 0. The largest absolute Gasteiger partial charge is 0.480 e. The van der Waals surface area contributed by atoms with E-state index in [2.05, 4.69) is 6.92 Å². The molecule has 1 spiro atoms. The molecule has 1 aliphatic carbocycles. The molecule has 1 unspecified atom stereocenters. The molecule has 1 saturated heterocycles. The van der Waals surface area contributed by atoms with Gasteiger partial charge >= 0.3 is 5.97 Å². The standard InChI is InChI=1S/C15H19NO5/c1-10-4-6-15(7-5-10)16(11(9-21-15)14(18)19)13(17)12-3-2-8-20-12/h2-3,8,10-11H,4-7,9H2,1H3,(H,18,19). The SMILES string of the molecule is CC1CCC2(CC1)OCC(C(=O)O)N2C(=O)c1ccco1. The molecule has 1 atom stereocenters. The topological polar surface area (TPSA) is 80.0 Å². The van der Waals surface area contributed by atoms with Gasteiger partial charge in [0.2, 0.25) is 0 Å². The first-order chi connectivity index (χ1) is 10.0. The number of hydrogen-bond donors (Lipinski definition) is 1. The van der Waals surface area contributed by atoms with Crippen LogP contribution in [0, 0.1) is 5.92 Å². The van der Waals surface area contributed by atoms with E-state index in [0.717, 1.165) is 12.8 Å². The van der Waals surface area contributed by atoms with Crippen LogP contribution in [0.5, 0.6) is 0 Å². The number of carbonyl (C=O) groups excluding carboxylic acids is 1. The molecule has 6 heteroatoms. The summed E-state index contributed by atoms with van der Waals surface area (Å²) in [6.45, 7) is 2.20. The molecule has 1 aliphatic heterocycles. The van der Waals surface area contributed by atoms with E-state index in [9.17, 15) is 14.7 Å². The van der Waals surface area contributed by atoms with Crippen LogP contribution in [0.3, 0.4) is 0 Å². The summed E-state index contributed by atoms with van der Waals surface area (Å²) < 4.78 is 11.0. The van der Waals surface area contributed by atoms with Gasteiger partial charge in [-0.3, -0.25) is 9.69 Å². The molecule has 2 aliphatic rings. The number of hydrogen-bond acceptors (Lipinski definition) is 4. The lowest BCUT2D eigenvalue weighted by Gasteiger charge is -2.42. The quantitative estimate of drug-likeness (QED) is 0.903. The highest BCUT2D eigenvalue weighted by atomic mass is 16.5. The molecule has 1 N–H and O–H groups in total. The van der Waals surface area contributed by atoms with Gasteiger partial charge in [-0.2, -0.15) is 0 Å². The van der Waals surface area contributed by atoms with E-state index in [4.69, 9.17) is 9.15 Å². The minimum absolute atomic E-state index is 0.0379. The zero-order chi connectivity index (χ0) is 15.0. The van der Waals surface area contributed by atoms with E-state index < -0.39 is 23.6 Å². The lowest BCUT2D eigenvalue weighted by atomic mass is 9.83. The summed E-state index contributed by atoms with van der Waals surface area (Å²) in [6, 6.07) is 2.23. The second-order valence-corrected chi connectivity index (χ2v) is 5.95. The first-order valence-electron chi connectivity index (χ1n) is 7.27. The van der Waals surface area contributed by atoms with Gasteiger partial charge < -0.3 is 14.3 Å². The van der Waals surface area contributed by atoms with Gasteiger partial charge in [0, 0.05) is 0 Å². The summed E-state index contributed by atoms with van der Waals surface area (Å²) in [5.41, 5.74) is -0.792. The minimum atomic E-state index is -1.04. The highest BCUT2D eigenvalue weighted by Gasteiger charge is 2.54. The number of nitrogens with zero attached hydrogens (tertiary/aromatic N) is 1. The Bertz CT molecular complexity index is 530. The second kappa shape index (κ2) is 5.18. The van der Waals surface area contributed by atoms with Crippen LogP contribution in [-0.4, -0.2) is 40.3 Å². The number of carboxylic acids is 1. The van der Waals surface area contributed by atoms with E-state index in [1.807, 2.05) is 0 Å². The molecule has 1 saturated carbocycles. The van der Waals surface area contributed by atoms with E-state index in [0.29, 0.717) is 18.8 Å². The Hall–Kier alpha value is -1.82. The van der Waals surface area contributed by atoms with E-state index in [1.54, 1.807) is 12.1 Å². The molecule has 0 radical (unpaired) electrons. The van der Waals surface area contributed by atoms with Crippen molar-refractivity contribution < 1.29 is 23.8 Å². The Labute approximate surface area is 122 Å². The Morgan fingerprint density at radius 2 is 2.10 bits per heavy atom. The average Bonchev–Trinajstić information content (AvgIpc) is 3.10. The third-order valence-electron chi connectivity index (χ3n) is 4.55. The van der Waals surface area contributed by atoms with Crippen molar-refractivity contribution in [2.24, 2.45) is 5.92 Å². The third kappa shape index (κ3) is 2.33. The van der Waals surface area contributed by atoms with Crippen molar-refractivity contribution in [3.05, 3.63) is 24.2 Å². The maximum absolute atomic E-state index is 12.7. The van der Waals surface area contributed by atoms with Crippen LogP contribution in [0.4, 0.5) is 0 Å². The first-order valence-corrected chi connectivity index (χ1v) is 7.27. The van der Waals surface area contributed by atoms with E-state index >= 15 is 0 Å². The summed E-state index contributed by atoms with van der Waals surface area (Å²) in [5, 5.41) is 9.39. The highest BCUT2D eigenvalue weighted by Crippen LogP contribution is 2.43. The number of amides is 1. The van der Waals surface area contributed by atoms with Gasteiger partial charge in [-0.15, -0.1) is 0 Å². The lowest BCUT2D eigenvalue weighted by Crippen LogP contribution is -2.55. The molecule has 1 aromatic rings. The lowest BCUT2D eigenvalue weighted by molar-refractivity contribution is -0.143. The Balaban J connectivity index is 1.93. The van der Waals surface area contributed by atoms with Crippen molar-refractivity contribution in [3.8, 4) is 0 Å². The summed E-state index contributed by atoms with van der Waals surface area (Å²) in [7, 11) is 0. The van der Waals surface area contributed by atoms with Crippen molar-refractivity contribution in [1.82, 2.24) is 4.90 Å². The molecular formula is C15H19NO5. The molecule has 0 aromatic carbocycles. The number of rotatable bonds is 2. The average molecular weight is 293 g/mol. The molecule has 1 aromatic heterocycles. The Morgan fingerprint density at radius 3 is 2.67 bits per heavy atom. The van der Waals surface area contributed by atoms with Gasteiger partial charge in [0.1, 0.15) is 5.72 Å². The first kappa shape index (κ1) is 14.1. The second-order valence-electron chi connectivity index (χ2n) is 5.95. The monoisotopic (exact) mass is 293 g/mol. The maximum atomic E-state index is 12.7. The normalized spacial score (nSPS) is 32.5. The van der Waals surface area contributed by atoms with Crippen molar-refractivity contribution >= 4 is 11.9 Å². The molecule has 3 rings (SSSR count). The van der Waals surface area contributed by atoms with Gasteiger partial charge in [0.25, 0.3) is 5.91 Å². The number of ether oxygens (including phenoxy) is 1. The van der Waals surface area contributed by atoms with Crippen LogP contribution in [0.15, 0.2) is 22.8 Å². The van der Waals surface area contributed by atoms with Crippen LogP contribution >= 0.6 is 0 Å². The van der Waals surface area contributed by atoms with Crippen molar-refractivity contribution in [3.63, 3.8) is 0 Å². The zero-order valence-corrected chi connectivity index (χ0v) is 11.9. The smallest absolute Gasteiger partial charge is 0.328 e. The van der Waals surface area contributed by atoms with Gasteiger partial charge in [-0.05, 0) is 43.7 Å². The zero-order valence-electron chi connectivity index (χ0n) is 11.9. The highest BCUT2D eigenvalue weighted by molar-refractivity contribution is 5.95. The number of furan rings is 1. The molecule has 2 heterocycles. The van der Waals surface area contributed by atoms with Gasteiger partial charge in [-0.25, -0.2) is 4.79 Å². The predicted octanol–water partition coefficient (Wildman–Crippen LogP) is 2.11. The predicted molar refractivity (Wildman–Crippen MR) is 72.6 cm³/mol. The van der Waals surface area contributed by atoms with E-state index in [-0.39, 0.29) is 12.4 Å². The van der Waals surface area contributed by atoms with Crippen LogP contribution < -0.4 is 0 Å². The summed E-state index contributed by atoms with van der Waals surface area (Å²) in [5.74, 6) is -0.710. The number of carbonyl (C=O) groups is 2. The fraction of sp³-hybridized carbons (Fsp3) is 0.600. The van der Waals surface area contributed by atoms with Crippen LogP contribution in [-0.2, 0) is 9.53 Å². The Morgan fingerprint density at radius 1 is 1.38 bits per heavy atom. The molecule has 21 heavy (non-hydrogen) atoms. The van der Waals surface area contributed by atoms with Crippen LogP contribution in [0.25, 0.3) is 0 Å². The Kier molecular flexibility index (Phi) is 3.49. The van der Waals surface area contributed by atoms with Gasteiger partial charge in [0.15, 0.2) is 11.8 Å². The maximum Gasteiger partial charge on any atom is 0.328 e. The van der Waals surface area contributed by atoms with Crippen LogP contribution in [0.2, 0.25) is 0 Å². The van der Waals surface area contributed by atoms with E-state index in [1.165, 1.54) is 11.2 Å².